The van der Waals surface area contributed by atoms with Crippen molar-refractivity contribution in [3.8, 4) is 23.3 Å². The largest absolute Gasteiger partial charge is 0.507 e. The molecule has 0 spiro atoms. The van der Waals surface area contributed by atoms with E-state index < -0.39 is 65.1 Å². The molecular formula is C56H69NO12. The third kappa shape index (κ3) is 11.3. The average Bonchev–Trinajstić information content (AvgIpc) is 3.33. The first-order chi connectivity index (χ1) is 33.1. The Morgan fingerprint density at radius 1 is 0.942 bits per heavy atom. The maximum atomic E-state index is 15.3. The minimum absolute atomic E-state index is 0.0580. The summed E-state index contributed by atoms with van der Waals surface area (Å²) in [6.45, 7) is 2.88. The molecule has 0 saturated heterocycles. The summed E-state index contributed by atoms with van der Waals surface area (Å²) in [5.74, 6) is 3.44. The molecule has 0 amide bonds. The number of methoxy groups -OCH3 is 1. The number of ether oxygens (including phenoxy) is 3. The second kappa shape index (κ2) is 21.5. The van der Waals surface area contributed by atoms with Gasteiger partial charge in [-0.05, 0) is 116 Å². The first-order valence-electron chi connectivity index (χ1n) is 25.0. The van der Waals surface area contributed by atoms with Crippen LogP contribution in [0, 0.1) is 23.7 Å². The normalized spacial score (nSPS) is 28.6. The third-order valence-corrected chi connectivity index (χ3v) is 15.4. The zero-order valence-electron chi connectivity index (χ0n) is 40.2. The van der Waals surface area contributed by atoms with E-state index >= 15 is 4.79 Å². The van der Waals surface area contributed by atoms with Gasteiger partial charge in [-0.3, -0.25) is 9.59 Å². The van der Waals surface area contributed by atoms with Gasteiger partial charge in [0.1, 0.15) is 40.7 Å². The Morgan fingerprint density at radius 2 is 1.70 bits per heavy atom. The zero-order valence-corrected chi connectivity index (χ0v) is 40.2. The lowest BCUT2D eigenvalue weighted by molar-refractivity contribution is -0.176. The number of carbonyl (C=O) groups excluding carboxylic acids is 3. The van der Waals surface area contributed by atoms with E-state index in [4.69, 9.17) is 14.2 Å². The number of carbonyl (C=O) groups is 3. The van der Waals surface area contributed by atoms with Crippen LogP contribution in [-0.4, -0.2) is 98.1 Å². The molecule has 8 rings (SSSR count). The van der Waals surface area contributed by atoms with Crippen molar-refractivity contribution in [2.24, 2.45) is 11.8 Å². The lowest BCUT2D eigenvalue weighted by atomic mass is 9.66. The minimum Gasteiger partial charge on any atom is -0.507 e. The molecule has 3 aliphatic heterocycles. The van der Waals surface area contributed by atoms with Crippen molar-refractivity contribution in [2.75, 3.05) is 25.6 Å². The van der Waals surface area contributed by atoms with Crippen molar-refractivity contribution in [1.82, 2.24) is 0 Å². The standard InChI is InChI=1S/C56H69NO12/c1-4-17-56(66)43-15-16-47(60)40(24-43)19-33-9-8-10-34(18-33)22-45(59)26-42-23-37(39-20-35(30-58)21-44(25-39)57-32-55(2,65)48(61)31-67-3)13-14-38-29-50(62)69-53-46(38)27-41(28-49(56)68-54(42)64)52(63)51(53)36-11-6-5-7-12-36/h8-10,18,20-21,25-27,36-38,40,43,45,48-49,57-59,61,63,65-66H,4-7,11-12,15-17,19,22-24,28-32H2,1-3H3/b42-26-/t37-,38+,40+,43+,45-,48+,49+,55+,56-/m0/s1. The van der Waals surface area contributed by atoms with Gasteiger partial charge in [-0.25, -0.2) is 4.79 Å². The number of phenols is 1. The Balaban J connectivity index is 1.34. The van der Waals surface area contributed by atoms with Gasteiger partial charge < -0.3 is 50.2 Å². The molecule has 370 valence electrons. The minimum atomic E-state index is -1.65. The summed E-state index contributed by atoms with van der Waals surface area (Å²) in [6.07, 6.45) is 4.42. The van der Waals surface area contributed by atoms with E-state index in [0.717, 1.165) is 43.2 Å². The average molecular weight is 948 g/mol. The SMILES string of the molecule is CCC[C@]1(O)[C@@H]2CCC(=O)[C@H](Cc3cccc(c3)C[C@H](O)/C=C3/C[C@@H](c4cc(CO)cc(NC[C@@](C)(O)[C@H](O)COC)c4)C#C[C@@H]4CC(=O)Oc5c4cc(c(O)c5C4CCCCC4)C[C@H]1OC3=O)C2. The highest BCUT2D eigenvalue weighted by Gasteiger charge is 2.49. The van der Waals surface area contributed by atoms with Crippen LogP contribution in [0.3, 0.4) is 0 Å². The van der Waals surface area contributed by atoms with Gasteiger partial charge in [0.2, 0.25) is 0 Å². The number of aliphatic hydroxyl groups is 5. The quantitative estimate of drug-likeness (QED) is 0.0604. The molecule has 0 unspecified atom stereocenters. The van der Waals surface area contributed by atoms with E-state index in [1.54, 1.807) is 24.3 Å². The van der Waals surface area contributed by atoms with Crippen molar-refractivity contribution < 1.29 is 59.2 Å². The van der Waals surface area contributed by atoms with Crippen LogP contribution in [0.4, 0.5) is 5.69 Å². The fourth-order valence-corrected chi connectivity index (χ4v) is 11.6. The highest BCUT2D eigenvalue weighted by atomic mass is 16.6. The molecule has 8 bridgehead atoms. The Labute approximate surface area is 405 Å². The lowest BCUT2D eigenvalue weighted by Crippen LogP contribution is -2.54. The monoisotopic (exact) mass is 947 g/mol. The molecular weight excluding hydrogens is 879 g/mol. The number of benzene rings is 3. The predicted octanol–water partition coefficient (Wildman–Crippen LogP) is 6.74. The third-order valence-electron chi connectivity index (χ3n) is 15.4. The predicted molar refractivity (Wildman–Crippen MR) is 259 cm³/mol. The Hall–Kier alpha value is -5.07. The number of hydrogen-bond donors (Lipinski definition) is 7. The number of hydrogen-bond acceptors (Lipinski definition) is 13. The topological polar surface area (TPSA) is 212 Å². The van der Waals surface area contributed by atoms with Crippen molar-refractivity contribution >= 4 is 23.4 Å². The number of anilines is 1. The van der Waals surface area contributed by atoms with Crippen LogP contribution in [0.2, 0.25) is 0 Å². The van der Waals surface area contributed by atoms with Crippen molar-refractivity contribution in [1.29, 1.82) is 0 Å². The number of esters is 2. The van der Waals surface area contributed by atoms with Crippen LogP contribution in [-0.2, 0) is 49.7 Å². The van der Waals surface area contributed by atoms with Crippen molar-refractivity contribution in [3.05, 3.63) is 99.1 Å². The van der Waals surface area contributed by atoms with Gasteiger partial charge >= 0.3 is 11.9 Å². The van der Waals surface area contributed by atoms with Gasteiger partial charge in [-0.2, -0.15) is 0 Å². The number of aliphatic hydroxyl groups excluding tert-OH is 3. The van der Waals surface area contributed by atoms with Gasteiger partial charge in [0.05, 0.1) is 31.7 Å². The molecule has 69 heavy (non-hydrogen) atoms. The van der Waals surface area contributed by atoms with Gasteiger partial charge in [0, 0.05) is 67.1 Å². The molecule has 2 aliphatic carbocycles. The summed E-state index contributed by atoms with van der Waals surface area (Å²) in [5, 5.41) is 73.3. The molecule has 0 aromatic heterocycles. The molecule has 5 aliphatic rings. The summed E-state index contributed by atoms with van der Waals surface area (Å²) in [4.78, 5) is 42.6. The highest BCUT2D eigenvalue weighted by Crippen LogP contribution is 2.51. The zero-order chi connectivity index (χ0) is 49.0. The van der Waals surface area contributed by atoms with Gasteiger partial charge in [0.15, 0.2) is 0 Å². The van der Waals surface area contributed by atoms with Crippen LogP contribution in [0.25, 0.3) is 0 Å². The fourth-order valence-electron chi connectivity index (χ4n) is 11.6. The molecule has 2 fully saturated rings. The van der Waals surface area contributed by atoms with E-state index in [2.05, 4.69) is 17.2 Å². The van der Waals surface area contributed by atoms with Crippen LogP contribution in [0.1, 0.15) is 148 Å². The number of phenolic OH excluding ortho intramolecular Hbond substituents is 1. The second-order valence-electron chi connectivity index (χ2n) is 20.6. The maximum Gasteiger partial charge on any atom is 0.334 e. The van der Waals surface area contributed by atoms with E-state index in [9.17, 15) is 40.2 Å². The lowest BCUT2D eigenvalue weighted by Gasteiger charge is -2.45. The van der Waals surface area contributed by atoms with Crippen LogP contribution in [0.5, 0.6) is 11.5 Å². The fraction of sp³-hybridized carbons (Fsp3) is 0.554. The molecule has 7 N–H and O–H groups in total. The smallest absolute Gasteiger partial charge is 0.334 e. The van der Waals surface area contributed by atoms with Gasteiger partial charge in [0.25, 0.3) is 0 Å². The highest BCUT2D eigenvalue weighted by molar-refractivity contribution is 5.89. The molecule has 13 heteroatoms. The molecule has 13 nitrogen and oxygen atoms in total. The van der Waals surface area contributed by atoms with Crippen LogP contribution < -0.4 is 10.1 Å². The molecule has 9 atom stereocenters. The number of Topliss-reactive ketones (excluding diaryl/α,β-unsaturated/α-hetero) is 1. The van der Waals surface area contributed by atoms with E-state index in [-0.39, 0.29) is 81.3 Å². The molecule has 3 aromatic carbocycles. The van der Waals surface area contributed by atoms with E-state index in [0.29, 0.717) is 64.9 Å². The Bertz CT molecular complexity index is 2480. The molecule has 3 heterocycles. The number of nitrogens with one attached hydrogen (secondary N) is 1. The summed E-state index contributed by atoms with van der Waals surface area (Å²) in [6, 6.07) is 14.8. The molecule has 0 radical (unpaired) electrons. The summed E-state index contributed by atoms with van der Waals surface area (Å²) >= 11 is 0. The summed E-state index contributed by atoms with van der Waals surface area (Å²) < 4.78 is 17.9. The van der Waals surface area contributed by atoms with Crippen LogP contribution in [0.15, 0.2) is 60.2 Å². The summed E-state index contributed by atoms with van der Waals surface area (Å²) in [7, 11) is 1.43. The number of aromatic hydroxyl groups is 1. The second-order valence-corrected chi connectivity index (χ2v) is 20.6. The Morgan fingerprint density at radius 3 is 2.43 bits per heavy atom. The van der Waals surface area contributed by atoms with E-state index in [1.165, 1.54) is 20.1 Å². The maximum absolute atomic E-state index is 15.3. The van der Waals surface area contributed by atoms with Crippen molar-refractivity contribution in [3.63, 3.8) is 0 Å². The van der Waals surface area contributed by atoms with Crippen molar-refractivity contribution in [2.45, 2.75) is 164 Å². The number of fused-ring (bicyclic) bond motifs is 8. The van der Waals surface area contributed by atoms with Gasteiger partial charge in [-0.15, -0.1) is 0 Å². The summed E-state index contributed by atoms with van der Waals surface area (Å²) in [5.41, 5.74) is 1.71. The molecule has 3 aromatic rings. The van der Waals surface area contributed by atoms with E-state index in [1.807, 2.05) is 31.2 Å². The van der Waals surface area contributed by atoms with Gasteiger partial charge in [-0.1, -0.05) is 74.8 Å². The van der Waals surface area contributed by atoms with Crippen LogP contribution >= 0.6 is 0 Å². The molecule has 2 saturated carbocycles. The first-order valence-corrected chi connectivity index (χ1v) is 25.0. The number of ketones is 1. The number of rotatable bonds is 11. The first kappa shape index (κ1) is 50.3. The Kier molecular flexibility index (Phi) is 15.7.